The number of nitro benzene ring substituents is 1. The minimum Gasteiger partial charge on any atom is -0.321 e. The summed E-state index contributed by atoms with van der Waals surface area (Å²) in [4.78, 5) is 35.5. The van der Waals surface area contributed by atoms with Crippen LogP contribution in [0.3, 0.4) is 0 Å². The first-order chi connectivity index (χ1) is 14.6. The smallest absolute Gasteiger partial charge is 0.279 e. The number of non-ortho nitro benzene ring substituents is 1. The summed E-state index contributed by atoms with van der Waals surface area (Å²) < 4.78 is 40.1. The number of nitrogens with zero attached hydrogens (tertiary/aromatic N) is 1. The first-order valence-corrected chi connectivity index (χ1v) is 9.44. The van der Waals surface area contributed by atoms with Crippen molar-refractivity contribution >= 4 is 28.9 Å². The molecule has 0 heterocycles. The fourth-order valence-corrected chi connectivity index (χ4v) is 2.92. The average Bonchev–Trinajstić information content (AvgIpc) is 2.70. The van der Waals surface area contributed by atoms with Crippen LogP contribution < -0.4 is 15.5 Å². The molecule has 8 nitrogen and oxygen atoms in total. The van der Waals surface area contributed by atoms with Crippen LogP contribution in [0.1, 0.15) is 18.9 Å². The highest BCUT2D eigenvalue weighted by Gasteiger charge is 2.21. The molecule has 2 amide bonds. The molecule has 11 heteroatoms. The van der Waals surface area contributed by atoms with Crippen molar-refractivity contribution in [2.45, 2.75) is 20.3 Å². The maximum atomic E-state index is 13.7. The normalized spacial score (nSPS) is 11.6. The molecule has 0 saturated heterocycles. The number of nitro groups is 1. The van der Waals surface area contributed by atoms with Gasteiger partial charge in [0.25, 0.3) is 17.5 Å². The summed E-state index contributed by atoms with van der Waals surface area (Å²) in [7, 11) is 0. The van der Waals surface area contributed by atoms with E-state index in [0.29, 0.717) is 29.5 Å². The summed E-state index contributed by atoms with van der Waals surface area (Å²) in [6.45, 7) is 3.58. The monoisotopic (exact) mass is 439 g/mol. The molecule has 166 valence electrons. The Hall–Kier alpha value is -3.47. The Balaban J connectivity index is 2.03. The van der Waals surface area contributed by atoms with Crippen LogP contribution in [0.2, 0.25) is 0 Å². The lowest BCUT2D eigenvalue weighted by Crippen LogP contribution is -3.14. The zero-order valence-electron chi connectivity index (χ0n) is 16.9. The first-order valence-electron chi connectivity index (χ1n) is 9.44. The predicted octanol–water partition coefficient (Wildman–Crippen LogP) is 2.19. The van der Waals surface area contributed by atoms with Crippen LogP contribution >= 0.6 is 0 Å². The van der Waals surface area contributed by atoms with Gasteiger partial charge in [-0.2, -0.15) is 0 Å². The summed E-state index contributed by atoms with van der Waals surface area (Å²) in [5.41, 5.74) is 0.230. The molecule has 0 bridgehead atoms. The molecule has 0 spiro atoms. The Morgan fingerprint density at radius 1 is 1.00 bits per heavy atom. The number of aryl methyl sites for hydroxylation is 1. The molecule has 0 aliphatic carbocycles. The van der Waals surface area contributed by atoms with E-state index >= 15 is 0 Å². The topological polar surface area (TPSA) is 106 Å². The van der Waals surface area contributed by atoms with Gasteiger partial charge in [0.1, 0.15) is 0 Å². The molecular weight excluding hydrogens is 417 g/mol. The second-order valence-electron chi connectivity index (χ2n) is 6.93. The van der Waals surface area contributed by atoms with Gasteiger partial charge in [0, 0.05) is 12.1 Å². The number of hydrogen-bond acceptors (Lipinski definition) is 4. The van der Waals surface area contributed by atoms with Crippen LogP contribution in [0.4, 0.5) is 30.2 Å². The lowest BCUT2D eigenvalue weighted by Gasteiger charge is -2.18. The summed E-state index contributed by atoms with van der Waals surface area (Å²) in [5, 5.41) is 15.7. The number of amides is 2. The van der Waals surface area contributed by atoms with E-state index in [9.17, 15) is 32.9 Å². The van der Waals surface area contributed by atoms with Crippen molar-refractivity contribution in [2.24, 2.45) is 0 Å². The highest BCUT2D eigenvalue weighted by Crippen LogP contribution is 2.21. The number of hydrogen-bond donors (Lipinski definition) is 3. The Kier molecular flexibility index (Phi) is 8.08. The highest BCUT2D eigenvalue weighted by atomic mass is 19.2. The Labute approximate surface area is 176 Å². The van der Waals surface area contributed by atoms with Gasteiger partial charge in [0.05, 0.1) is 22.8 Å². The Bertz CT molecular complexity index is 1000. The van der Waals surface area contributed by atoms with Gasteiger partial charge in [-0.3, -0.25) is 19.7 Å². The second-order valence-corrected chi connectivity index (χ2v) is 6.93. The van der Waals surface area contributed by atoms with Crippen LogP contribution in [0, 0.1) is 34.5 Å². The van der Waals surface area contributed by atoms with Gasteiger partial charge in [0.2, 0.25) is 0 Å². The number of benzene rings is 2. The van der Waals surface area contributed by atoms with E-state index in [2.05, 4.69) is 10.6 Å². The second kappa shape index (κ2) is 10.5. The molecule has 0 fully saturated rings. The Morgan fingerprint density at radius 2 is 1.61 bits per heavy atom. The number of carbonyl (C=O) groups is 2. The molecule has 2 aromatic rings. The largest absolute Gasteiger partial charge is 0.321 e. The molecule has 1 unspecified atom stereocenters. The van der Waals surface area contributed by atoms with Gasteiger partial charge in [-0.15, -0.1) is 0 Å². The van der Waals surface area contributed by atoms with Crippen LogP contribution in [0.5, 0.6) is 0 Å². The van der Waals surface area contributed by atoms with Crippen molar-refractivity contribution in [2.75, 3.05) is 30.3 Å². The predicted molar refractivity (Wildman–Crippen MR) is 107 cm³/mol. The summed E-state index contributed by atoms with van der Waals surface area (Å²) in [6.07, 6.45) is 0.630. The van der Waals surface area contributed by atoms with Crippen LogP contribution in [-0.2, 0) is 9.59 Å². The number of halogens is 3. The maximum Gasteiger partial charge on any atom is 0.279 e. The lowest BCUT2D eigenvalue weighted by molar-refractivity contribution is -0.883. The van der Waals surface area contributed by atoms with Crippen molar-refractivity contribution in [3.63, 3.8) is 0 Å². The molecule has 0 aliphatic rings. The van der Waals surface area contributed by atoms with Gasteiger partial charge in [-0.05, 0) is 31.0 Å². The van der Waals surface area contributed by atoms with Gasteiger partial charge < -0.3 is 15.5 Å². The minimum atomic E-state index is -1.69. The highest BCUT2D eigenvalue weighted by molar-refractivity contribution is 5.93. The molecule has 2 aromatic carbocycles. The number of quaternary nitrogens is 1. The van der Waals surface area contributed by atoms with Gasteiger partial charge in [0.15, 0.2) is 30.5 Å². The minimum absolute atomic E-state index is 0.135. The summed E-state index contributed by atoms with van der Waals surface area (Å²) >= 11 is 0. The molecule has 31 heavy (non-hydrogen) atoms. The lowest BCUT2D eigenvalue weighted by atomic mass is 10.2. The molecule has 0 aliphatic heterocycles. The van der Waals surface area contributed by atoms with Crippen LogP contribution in [0.25, 0.3) is 0 Å². The van der Waals surface area contributed by atoms with Crippen LogP contribution in [-0.4, -0.2) is 36.4 Å². The molecule has 0 aromatic heterocycles. The zero-order valence-corrected chi connectivity index (χ0v) is 16.9. The van der Waals surface area contributed by atoms with Gasteiger partial charge in [-0.25, -0.2) is 13.2 Å². The molecule has 2 rings (SSSR count). The fraction of sp³-hybridized carbons (Fsp3) is 0.300. The number of nitrogens with one attached hydrogen (secondary N) is 3. The van der Waals surface area contributed by atoms with Gasteiger partial charge >= 0.3 is 0 Å². The van der Waals surface area contributed by atoms with E-state index in [1.54, 1.807) is 6.92 Å². The maximum absolute atomic E-state index is 13.7. The summed E-state index contributed by atoms with van der Waals surface area (Å²) in [5.74, 6) is -5.74. The standard InChI is InChI=1S/C20H21F3N4O4/c1-3-8-26(10-17(28)24-15-7-6-14(21)19(22)20(15)23)11-18(29)25-16-9-13(27(30)31)5-4-12(16)2/h4-7,9H,3,8,10-11H2,1-2H3,(H,24,28)(H,25,29)/p+1. The van der Waals surface area contributed by atoms with E-state index in [4.69, 9.17) is 0 Å². The third-order valence-corrected chi connectivity index (χ3v) is 4.44. The average molecular weight is 439 g/mol. The molecule has 0 saturated carbocycles. The van der Waals surface area contributed by atoms with Gasteiger partial charge in [-0.1, -0.05) is 13.0 Å². The first kappa shape index (κ1) is 23.8. The van der Waals surface area contributed by atoms with E-state index in [0.717, 1.165) is 6.07 Å². The summed E-state index contributed by atoms with van der Waals surface area (Å²) in [6, 6.07) is 5.67. The van der Waals surface area contributed by atoms with E-state index in [-0.39, 0.29) is 24.5 Å². The van der Waals surface area contributed by atoms with E-state index in [1.807, 2.05) is 6.92 Å². The third kappa shape index (κ3) is 6.51. The van der Waals surface area contributed by atoms with Crippen molar-refractivity contribution in [1.82, 2.24) is 0 Å². The number of rotatable bonds is 9. The van der Waals surface area contributed by atoms with Crippen LogP contribution in [0.15, 0.2) is 30.3 Å². The Morgan fingerprint density at radius 3 is 2.19 bits per heavy atom. The number of anilines is 2. The quantitative estimate of drug-likeness (QED) is 0.316. The zero-order chi connectivity index (χ0) is 23.1. The van der Waals surface area contributed by atoms with Crippen molar-refractivity contribution in [3.8, 4) is 0 Å². The molecule has 1 atom stereocenters. The van der Waals surface area contributed by atoms with Crippen molar-refractivity contribution in [3.05, 3.63) is 63.5 Å². The fourth-order valence-electron chi connectivity index (χ4n) is 2.92. The molecular formula is C20H22F3N4O4+. The van der Waals surface area contributed by atoms with Crippen molar-refractivity contribution in [1.29, 1.82) is 0 Å². The third-order valence-electron chi connectivity index (χ3n) is 4.44. The van der Waals surface area contributed by atoms with Crippen molar-refractivity contribution < 1.29 is 32.6 Å². The molecule has 0 radical (unpaired) electrons. The molecule has 3 N–H and O–H groups in total. The number of carbonyl (C=O) groups excluding carboxylic acids is 2. The van der Waals surface area contributed by atoms with E-state index < -0.39 is 39.9 Å². The van der Waals surface area contributed by atoms with E-state index in [1.165, 1.54) is 18.2 Å². The SMILES string of the molecule is CCC[NH+](CC(=O)Nc1cc([N+](=O)[O-])ccc1C)CC(=O)Nc1ccc(F)c(F)c1F.